The molecule has 0 amide bonds. The molecule has 0 atom stereocenters. The first-order valence-corrected chi connectivity index (χ1v) is 5.31. The maximum absolute atomic E-state index is 5.43. The Labute approximate surface area is 94.6 Å². The molecule has 1 aromatic heterocycles. The highest BCUT2D eigenvalue weighted by Gasteiger charge is 2.00. The third-order valence-electron chi connectivity index (χ3n) is 1.87. The monoisotopic (exact) mass is 226 g/mol. The minimum atomic E-state index is 0.129. The van der Waals surface area contributed by atoms with E-state index in [1.54, 1.807) is 0 Å². The summed E-state index contributed by atoms with van der Waals surface area (Å²) in [4.78, 5) is 11.5. The quantitative estimate of drug-likeness (QED) is 0.572. The molecular formula is C9H18N6O. The summed E-state index contributed by atoms with van der Waals surface area (Å²) >= 11 is 0. The molecule has 5 N–H and O–H groups in total. The molecule has 0 fully saturated rings. The highest BCUT2D eigenvalue weighted by atomic mass is 16.5. The van der Waals surface area contributed by atoms with E-state index in [9.17, 15) is 0 Å². The van der Waals surface area contributed by atoms with E-state index in [0.717, 1.165) is 32.6 Å². The van der Waals surface area contributed by atoms with E-state index in [-0.39, 0.29) is 11.9 Å². The van der Waals surface area contributed by atoms with Crippen LogP contribution in [0.3, 0.4) is 0 Å². The van der Waals surface area contributed by atoms with E-state index in [0.29, 0.717) is 5.95 Å². The molecule has 0 aliphatic heterocycles. The number of rotatable bonds is 7. The zero-order chi connectivity index (χ0) is 11.8. The predicted octanol–water partition coefficient (Wildman–Crippen LogP) is 0.265. The lowest BCUT2D eigenvalue weighted by Crippen LogP contribution is -2.10. The Morgan fingerprint density at radius 3 is 2.44 bits per heavy atom. The predicted molar refractivity (Wildman–Crippen MR) is 62.9 cm³/mol. The van der Waals surface area contributed by atoms with Crippen molar-refractivity contribution in [1.82, 2.24) is 15.0 Å². The van der Waals surface area contributed by atoms with E-state index < -0.39 is 0 Å². The first-order chi connectivity index (χ1) is 7.72. The van der Waals surface area contributed by atoms with Crippen LogP contribution in [0, 0.1) is 0 Å². The second-order valence-electron chi connectivity index (χ2n) is 3.21. The first kappa shape index (κ1) is 12.4. The van der Waals surface area contributed by atoms with Gasteiger partial charge in [-0.15, -0.1) is 0 Å². The molecule has 7 nitrogen and oxygen atoms in total. The number of nitrogens with two attached hydrogens (primary N) is 2. The maximum atomic E-state index is 5.43. The van der Waals surface area contributed by atoms with Gasteiger partial charge >= 0.3 is 0 Å². The third-order valence-corrected chi connectivity index (χ3v) is 1.87. The summed E-state index contributed by atoms with van der Waals surface area (Å²) in [5.41, 5.74) is 10.9. The Bertz CT molecular complexity index is 299. The first-order valence-electron chi connectivity index (χ1n) is 5.31. The van der Waals surface area contributed by atoms with Crippen LogP contribution in [0.4, 0.5) is 17.8 Å². The standard InChI is InChI=1S/C9H18N6O/c1-2-16-6-4-3-5-12-9-14-7(10)13-8(11)15-9/h2-6H2,1H3,(H5,10,11,12,13,14,15). The van der Waals surface area contributed by atoms with Gasteiger partial charge in [-0.05, 0) is 19.8 Å². The zero-order valence-corrected chi connectivity index (χ0v) is 9.44. The normalized spacial score (nSPS) is 10.3. The number of unbranched alkanes of at least 4 members (excludes halogenated alkanes) is 1. The SMILES string of the molecule is CCOCCCCNc1nc(N)nc(N)n1. The van der Waals surface area contributed by atoms with E-state index in [4.69, 9.17) is 16.2 Å². The third kappa shape index (κ3) is 4.74. The molecule has 0 radical (unpaired) electrons. The van der Waals surface area contributed by atoms with Crippen molar-refractivity contribution in [3.63, 3.8) is 0 Å². The van der Waals surface area contributed by atoms with E-state index in [1.165, 1.54) is 0 Å². The van der Waals surface area contributed by atoms with Crippen molar-refractivity contribution < 1.29 is 4.74 Å². The number of hydrogen-bond donors (Lipinski definition) is 3. The molecule has 1 rings (SSSR count). The molecule has 1 aromatic rings. The Morgan fingerprint density at radius 1 is 1.12 bits per heavy atom. The molecule has 0 bridgehead atoms. The van der Waals surface area contributed by atoms with Gasteiger partial charge in [-0.25, -0.2) is 0 Å². The van der Waals surface area contributed by atoms with Crippen LogP contribution in [0.25, 0.3) is 0 Å². The maximum Gasteiger partial charge on any atom is 0.229 e. The van der Waals surface area contributed by atoms with Gasteiger partial charge in [0.05, 0.1) is 0 Å². The van der Waals surface area contributed by atoms with Crippen molar-refractivity contribution in [3.8, 4) is 0 Å². The van der Waals surface area contributed by atoms with Crippen LogP contribution in [0.1, 0.15) is 19.8 Å². The van der Waals surface area contributed by atoms with Gasteiger partial charge in [0.1, 0.15) is 0 Å². The van der Waals surface area contributed by atoms with Crippen molar-refractivity contribution in [2.75, 3.05) is 36.5 Å². The minimum Gasteiger partial charge on any atom is -0.382 e. The zero-order valence-electron chi connectivity index (χ0n) is 9.44. The Balaban J connectivity index is 2.21. The molecule has 0 aliphatic rings. The Hall–Kier alpha value is -1.63. The Morgan fingerprint density at radius 2 is 1.81 bits per heavy atom. The lowest BCUT2D eigenvalue weighted by molar-refractivity contribution is 0.144. The molecule has 16 heavy (non-hydrogen) atoms. The number of nitrogens with one attached hydrogen (secondary N) is 1. The van der Waals surface area contributed by atoms with Gasteiger partial charge in [0.15, 0.2) is 0 Å². The van der Waals surface area contributed by atoms with Crippen molar-refractivity contribution in [3.05, 3.63) is 0 Å². The fourth-order valence-electron chi connectivity index (χ4n) is 1.16. The minimum absolute atomic E-state index is 0.129. The second kappa shape index (κ2) is 6.78. The molecule has 7 heteroatoms. The van der Waals surface area contributed by atoms with Crippen molar-refractivity contribution in [2.24, 2.45) is 0 Å². The van der Waals surface area contributed by atoms with Crippen LogP contribution in [-0.4, -0.2) is 34.7 Å². The highest BCUT2D eigenvalue weighted by Crippen LogP contribution is 2.03. The molecule has 1 heterocycles. The van der Waals surface area contributed by atoms with Crippen molar-refractivity contribution >= 4 is 17.8 Å². The van der Waals surface area contributed by atoms with Gasteiger partial charge in [0.2, 0.25) is 17.8 Å². The molecule has 0 aliphatic carbocycles. The van der Waals surface area contributed by atoms with E-state index in [2.05, 4.69) is 20.3 Å². The molecule has 0 aromatic carbocycles. The number of hydrogen-bond acceptors (Lipinski definition) is 7. The van der Waals surface area contributed by atoms with E-state index in [1.807, 2.05) is 6.92 Å². The second-order valence-corrected chi connectivity index (χ2v) is 3.21. The molecule has 0 saturated heterocycles. The fourth-order valence-corrected chi connectivity index (χ4v) is 1.16. The van der Waals surface area contributed by atoms with Crippen molar-refractivity contribution in [1.29, 1.82) is 0 Å². The summed E-state index contributed by atoms with van der Waals surface area (Å²) in [5.74, 6) is 0.676. The lowest BCUT2D eigenvalue weighted by atomic mass is 10.3. The largest absolute Gasteiger partial charge is 0.382 e. The van der Waals surface area contributed by atoms with Crippen LogP contribution in [0.5, 0.6) is 0 Å². The number of nitrogen functional groups attached to an aromatic ring is 2. The summed E-state index contributed by atoms with van der Waals surface area (Å²) in [6, 6.07) is 0. The van der Waals surface area contributed by atoms with Gasteiger partial charge < -0.3 is 21.5 Å². The van der Waals surface area contributed by atoms with Gasteiger partial charge in [-0.1, -0.05) is 0 Å². The summed E-state index contributed by atoms with van der Waals surface area (Å²) in [6.45, 7) is 4.28. The lowest BCUT2D eigenvalue weighted by Gasteiger charge is -2.05. The van der Waals surface area contributed by atoms with Gasteiger partial charge in [0, 0.05) is 19.8 Å². The average molecular weight is 226 g/mol. The summed E-state index contributed by atoms with van der Waals surface area (Å²) in [7, 11) is 0. The fraction of sp³-hybridized carbons (Fsp3) is 0.667. The smallest absolute Gasteiger partial charge is 0.229 e. The van der Waals surface area contributed by atoms with Crippen LogP contribution < -0.4 is 16.8 Å². The Kier molecular flexibility index (Phi) is 5.27. The number of ether oxygens (including phenoxy) is 1. The highest BCUT2D eigenvalue weighted by molar-refractivity contribution is 5.36. The number of nitrogens with zero attached hydrogens (tertiary/aromatic N) is 3. The van der Waals surface area contributed by atoms with Gasteiger partial charge in [-0.3, -0.25) is 0 Å². The van der Waals surface area contributed by atoms with Crippen molar-refractivity contribution in [2.45, 2.75) is 19.8 Å². The van der Waals surface area contributed by atoms with Gasteiger partial charge in [0.25, 0.3) is 0 Å². The molecular weight excluding hydrogens is 208 g/mol. The van der Waals surface area contributed by atoms with Crippen LogP contribution in [0.15, 0.2) is 0 Å². The molecule has 90 valence electrons. The van der Waals surface area contributed by atoms with Crippen LogP contribution in [0.2, 0.25) is 0 Å². The van der Waals surface area contributed by atoms with Crippen LogP contribution >= 0.6 is 0 Å². The molecule has 0 spiro atoms. The summed E-state index contributed by atoms with van der Waals surface area (Å²) in [6.07, 6.45) is 1.97. The topological polar surface area (TPSA) is 112 Å². The summed E-state index contributed by atoms with van der Waals surface area (Å²) in [5, 5.41) is 3.03. The molecule has 0 unspecified atom stereocenters. The summed E-state index contributed by atoms with van der Waals surface area (Å²) < 4.78 is 5.21. The van der Waals surface area contributed by atoms with Crippen LogP contribution in [-0.2, 0) is 4.74 Å². The number of aromatic nitrogens is 3. The molecule has 0 saturated carbocycles. The van der Waals surface area contributed by atoms with Gasteiger partial charge in [-0.2, -0.15) is 15.0 Å². The average Bonchev–Trinajstić information content (AvgIpc) is 2.22. The number of anilines is 3. The van der Waals surface area contributed by atoms with E-state index >= 15 is 0 Å².